The molecule has 0 aliphatic carbocycles. The number of fused-ring (bicyclic) bond motifs is 7. The molecule has 3 nitrogen and oxygen atoms in total. The molecular weight excluding hydrogens is 354 g/mol. The smallest absolute Gasteiger partial charge is 0.169 e. The lowest BCUT2D eigenvalue weighted by Gasteiger charge is -2.11. The van der Waals surface area contributed by atoms with Crippen LogP contribution in [0.15, 0.2) is 84.9 Å². The van der Waals surface area contributed by atoms with Crippen LogP contribution in [0.1, 0.15) is 12.5 Å². The molecule has 3 heteroatoms. The van der Waals surface area contributed by atoms with E-state index in [-0.39, 0.29) is 0 Å². The summed E-state index contributed by atoms with van der Waals surface area (Å²) in [6, 6.07) is 30.1. The molecule has 2 aromatic heterocycles. The molecule has 0 fully saturated rings. The van der Waals surface area contributed by atoms with E-state index in [0.29, 0.717) is 0 Å². The van der Waals surface area contributed by atoms with E-state index >= 15 is 0 Å². The number of aryl methyl sites for hydroxylation is 1. The van der Waals surface area contributed by atoms with Gasteiger partial charge < -0.3 is 0 Å². The molecule has 0 spiro atoms. The fourth-order valence-corrected chi connectivity index (χ4v) is 4.33. The van der Waals surface area contributed by atoms with E-state index in [1.165, 1.54) is 27.1 Å². The van der Waals surface area contributed by atoms with Gasteiger partial charge in [-0.15, -0.1) is 10.2 Å². The van der Waals surface area contributed by atoms with Crippen LogP contribution in [0.3, 0.4) is 0 Å². The predicted molar refractivity (Wildman–Crippen MR) is 120 cm³/mol. The van der Waals surface area contributed by atoms with Crippen LogP contribution >= 0.6 is 0 Å². The average Bonchev–Trinajstić information content (AvgIpc) is 3.24. The zero-order valence-corrected chi connectivity index (χ0v) is 16.1. The van der Waals surface area contributed by atoms with Crippen molar-refractivity contribution in [2.24, 2.45) is 0 Å². The Labute approximate surface area is 168 Å². The van der Waals surface area contributed by atoms with Gasteiger partial charge in [0.25, 0.3) is 0 Å². The Morgan fingerprint density at radius 2 is 1.48 bits per heavy atom. The topological polar surface area (TPSA) is 30.2 Å². The SMILES string of the molecule is CCc1ccc2c(c1)c1ccccc1c1nnc(-c3ccc4ccccc4c3)n21. The van der Waals surface area contributed by atoms with Crippen molar-refractivity contribution in [2.75, 3.05) is 0 Å². The van der Waals surface area contributed by atoms with Gasteiger partial charge in [-0.05, 0) is 46.3 Å². The molecule has 0 aliphatic rings. The van der Waals surface area contributed by atoms with Crippen molar-refractivity contribution >= 4 is 38.1 Å². The van der Waals surface area contributed by atoms with Crippen molar-refractivity contribution in [2.45, 2.75) is 13.3 Å². The Bertz CT molecular complexity index is 1540. The van der Waals surface area contributed by atoms with E-state index in [4.69, 9.17) is 0 Å². The van der Waals surface area contributed by atoms with Crippen LogP contribution < -0.4 is 0 Å². The summed E-state index contributed by atoms with van der Waals surface area (Å²) >= 11 is 0. The molecule has 29 heavy (non-hydrogen) atoms. The summed E-state index contributed by atoms with van der Waals surface area (Å²) in [5.74, 6) is 0.880. The molecule has 6 rings (SSSR count). The average molecular weight is 373 g/mol. The normalized spacial score (nSPS) is 11.8. The van der Waals surface area contributed by atoms with Gasteiger partial charge in [0.05, 0.1) is 5.52 Å². The second-order valence-corrected chi connectivity index (χ2v) is 7.50. The van der Waals surface area contributed by atoms with Crippen molar-refractivity contribution in [3.63, 3.8) is 0 Å². The lowest BCUT2D eigenvalue weighted by atomic mass is 10.0. The summed E-state index contributed by atoms with van der Waals surface area (Å²) in [6.45, 7) is 2.20. The van der Waals surface area contributed by atoms with Gasteiger partial charge in [0.15, 0.2) is 11.5 Å². The molecular formula is C26H19N3. The van der Waals surface area contributed by atoms with Gasteiger partial charge in [0.1, 0.15) is 0 Å². The second kappa shape index (κ2) is 6.14. The summed E-state index contributed by atoms with van der Waals surface area (Å²) in [5.41, 5.74) is 4.46. The maximum atomic E-state index is 4.63. The zero-order valence-electron chi connectivity index (χ0n) is 16.1. The number of benzene rings is 4. The highest BCUT2D eigenvalue weighted by molar-refractivity contribution is 6.12. The molecule has 0 saturated heterocycles. The minimum Gasteiger partial charge on any atom is -0.274 e. The second-order valence-electron chi connectivity index (χ2n) is 7.50. The maximum Gasteiger partial charge on any atom is 0.169 e. The minimum absolute atomic E-state index is 0.880. The predicted octanol–water partition coefficient (Wildman–Crippen LogP) is 6.42. The fourth-order valence-electron chi connectivity index (χ4n) is 4.33. The molecule has 6 aromatic rings. The van der Waals surface area contributed by atoms with E-state index in [0.717, 1.165) is 34.4 Å². The van der Waals surface area contributed by atoms with E-state index in [1.807, 2.05) is 0 Å². The zero-order chi connectivity index (χ0) is 19.4. The number of aromatic nitrogens is 3. The lowest BCUT2D eigenvalue weighted by molar-refractivity contribution is 1.12. The number of pyridine rings is 1. The first-order valence-electron chi connectivity index (χ1n) is 10.0. The Morgan fingerprint density at radius 3 is 2.34 bits per heavy atom. The van der Waals surface area contributed by atoms with Crippen LogP contribution in [-0.4, -0.2) is 14.6 Å². The Balaban J connectivity index is 1.76. The van der Waals surface area contributed by atoms with Crippen molar-refractivity contribution in [1.82, 2.24) is 14.6 Å². The molecule has 0 saturated carbocycles. The summed E-state index contributed by atoms with van der Waals surface area (Å²) in [4.78, 5) is 0. The molecule has 0 bridgehead atoms. The quantitative estimate of drug-likeness (QED) is 0.328. The molecule has 0 N–H and O–H groups in total. The maximum absolute atomic E-state index is 4.63. The first kappa shape index (κ1) is 16.3. The molecule has 138 valence electrons. The highest BCUT2D eigenvalue weighted by atomic mass is 15.2. The summed E-state index contributed by atoms with van der Waals surface area (Å²) in [7, 11) is 0. The van der Waals surface area contributed by atoms with Crippen molar-refractivity contribution in [3.05, 3.63) is 90.5 Å². The summed E-state index contributed by atoms with van der Waals surface area (Å²) in [5, 5.41) is 15.3. The van der Waals surface area contributed by atoms with Crippen LogP contribution in [-0.2, 0) is 6.42 Å². The van der Waals surface area contributed by atoms with Crippen LogP contribution in [0, 0.1) is 0 Å². The van der Waals surface area contributed by atoms with Crippen LogP contribution in [0.2, 0.25) is 0 Å². The monoisotopic (exact) mass is 373 g/mol. The highest BCUT2D eigenvalue weighted by Gasteiger charge is 2.16. The van der Waals surface area contributed by atoms with E-state index in [1.54, 1.807) is 0 Å². The van der Waals surface area contributed by atoms with E-state index < -0.39 is 0 Å². The molecule has 2 heterocycles. The van der Waals surface area contributed by atoms with Gasteiger partial charge in [0.2, 0.25) is 0 Å². The van der Waals surface area contributed by atoms with Gasteiger partial charge in [-0.1, -0.05) is 73.7 Å². The van der Waals surface area contributed by atoms with Crippen molar-refractivity contribution in [3.8, 4) is 11.4 Å². The first-order chi connectivity index (χ1) is 14.3. The highest BCUT2D eigenvalue weighted by Crippen LogP contribution is 2.33. The summed E-state index contributed by atoms with van der Waals surface area (Å²) in [6.07, 6.45) is 1.02. The van der Waals surface area contributed by atoms with Crippen molar-refractivity contribution in [1.29, 1.82) is 0 Å². The third-order valence-corrected chi connectivity index (χ3v) is 5.84. The molecule has 0 radical (unpaired) electrons. The molecule has 0 amide bonds. The van der Waals surface area contributed by atoms with Gasteiger partial charge in [-0.25, -0.2) is 0 Å². The number of hydrogen-bond donors (Lipinski definition) is 0. The van der Waals surface area contributed by atoms with Crippen LogP contribution in [0.4, 0.5) is 0 Å². The summed E-state index contributed by atoms with van der Waals surface area (Å²) < 4.78 is 2.21. The Hall–Kier alpha value is -3.72. The lowest BCUT2D eigenvalue weighted by Crippen LogP contribution is -1.95. The Kier molecular flexibility index (Phi) is 3.44. The standard InChI is InChI=1S/C26H19N3/c1-2-17-11-14-24-23(15-17)21-9-5-6-10-22(21)26-28-27-25(29(24)26)20-13-12-18-7-3-4-8-19(18)16-20/h3-16H,2H2,1H3. The van der Waals surface area contributed by atoms with Crippen LogP contribution in [0.25, 0.3) is 49.5 Å². The van der Waals surface area contributed by atoms with E-state index in [2.05, 4.69) is 106 Å². The number of nitrogens with zero attached hydrogens (tertiary/aromatic N) is 3. The molecule has 4 aromatic carbocycles. The van der Waals surface area contributed by atoms with Crippen molar-refractivity contribution < 1.29 is 0 Å². The fraction of sp³-hybridized carbons (Fsp3) is 0.0769. The Morgan fingerprint density at radius 1 is 0.690 bits per heavy atom. The minimum atomic E-state index is 0.880. The molecule has 0 atom stereocenters. The first-order valence-corrected chi connectivity index (χ1v) is 10.0. The third kappa shape index (κ3) is 2.37. The van der Waals surface area contributed by atoms with Gasteiger partial charge in [-0.2, -0.15) is 0 Å². The molecule has 0 aliphatic heterocycles. The third-order valence-electron chi connectivity index (χ3n) is 5.84. The van der Waals surface area contributed by atoms with Gasteiger partial charge in [0, 0.05) is 16.3 Å². The number of rotatable bonds is 2. The largest absolute Gasteiger partial charge is 0.274 e. The van der Waals surface area contributed by atoms with Crippen LogP contribution in [0.5, 0.6) is 0 Å². The van der Waals surface area contributed by atoms with Gasteiger partial charge >= 0.3 is 0 Å². The number of hydrogen-bond acceptors (Lipinski definition) is 2. The van der Waals surface area contributed by atoms with Gasteiger partial charge in [-0.3, -0.25) is 4.40 Å². The van der Waals surface area contributed by atoms with E-state index in [9.17, 15) is 0 Å². The molecule has 0 unspecified atom stereocenters.